The van der Waals surface area contributed by atoms with Crippen molar-refractivity contribution in [2.45, 2.75) is 45.3 Å². The molecule has 144 valence electrons. The van der Waals surface area contributed by atoms with Crippen LogP contribution in [0.5, 0.6) is 0 Å². The highest BCUT2D eigenvalue weighted by Crippen LogP contribution is 2.39. The summed E-state index contributed by atoms with van der Waals surface area (Å²) in [5, 5.41) is 19.5. The van der Waals surface area contributed by atoms with E-state index in [-0.39, 0.29) is 22.9 Å². The van der Waals surface area contributed by atoms with Crippen LogP contribution in [0.3, 0.4) is 0 Å². The number of halogens is 1. The second-order valence-electron chi connectivity index (χ2n) is 7.83. The van der Waals surface area contributed by atoms with Crippen molar-refractivity contribution in [1.82, 2.24) is 4.57 Å². The molecule has 2 N–H and O–H groups in total. The van der Waals surface area contributed by atoms with Gasteiger partial charge >= 0.3 is 5.97 Å². The van der Waals surface area contributed by atoms with Crippen LogP contribution in [0.25, 0.3) is 10.9 Å². The van der Waals surface area contributed by atoms with Crippen molar-refractivity contribution in [3.05, 3.63) is 39.4 Å². The van der Waals surface area contributed by atoms with E-state index in [0.29, 0.717) is 37.1 Å². The summed E-state index contributed by atoms with van der Waals surface area (Å²) in [6.45, 7) is 5.01. The Bertz CT molecular complexity index is 1000. The highest BCUT2D eigenvalue weighted by atomic mass is 19.1. The maximum absolute atomic E-state index is 15.1. The number of aliphatic hydroxyl groups excluding tert-OH is 1. The topological polar surface area (TPSA) is 82.8 Å². The van der Waals surface area contributed by atoms with E-state index in [4.69, 9.17) is 0 Å². The molecule has 0 spiro atoms. The Hall–Kier alpha value is -2.41. The Morgan fingerprint density at radius 3 is 2.70 bits per heavy atom. The SMILES string of the molecule is C[C@H]1CN(c2c(F)cc3c(=O)c(C(=O)O)cn4c3c2CC[C@@H]4C)CC[C@H]1O. The molecule has 1 aromatic heterocycles. The van der Waals surface area contributed by atoms with Gasteiger partial charge in [0.25, 0.3) is 0 Å². The fraction of sp³-hybridized carbons (Fsp3) is 0.500. The van der Waals surface area contributed by atoms with Crippen LogP contribution in [0.15, 0.2) is 17.1 Å². The quantitative estimate of drug-likeness (QED) is 0.844. The van der Waals surface area contributed by atoms with Crippen molar-refractivity contribution in [3.63, 3.8) is 0 Å². The molecule has 1 fully saturated rings. The van der Waals surface area contributed by atoms with E-state index in [1.165, 1.54) is 12.3 Å². The van der Waals surface area contributed by atoms with E-state index in [2.05, 4.69) is 0 Å². The molecule has 0 unspecified atom stereocenters. The summed E-state index contributed by atoms with van der Waals surface area (Å²) in [5.41, 5.74) is 0.921. The van der Waals surface area contributed by atoms with Gasteiger partial charge in [0.05, 0.1) is 17.3 Å². The zero-order valence-corrected chi connectivity index (χ0v) is 15.4. The number of aromatic nitrogens is 1. The third-order valence-electron chi connectivity index (χ3n) is 6.03. The monoisotopic (exact) mass is 374 g/mol. The molecule has 0 bridgehead atoms. The van der Waals surface area contributed by atoms with Gasteiger partial charge in [-0.3, -0.25) is 4.79 Å². The van der Waals surface area contributed by atoms with Crippen molar-refractivity contribution in [3.8, 4) is 0 Å². The van der Waals surface area contributed by atoms with E-state index in [1.54, 1.807) is 0 Å². The Labute approximate surface area is 155 Å². The maximum atomic E-state index is 15.1. The summed E-state index contributed by atoms with van der Waals surface area (Å²) in [7, 11) is 0. The highest BCUT2D eigenvalue weighted by molar-refractivity contribution is 5.95. The lowest BCUT2D eigenvalue weighted by molar-refractivity contribution is 0.0694. The van der Waals surface area contributed by atoms with E-state index < -0.39 is 23.3 Å². The Balaban J connectivity index is 1.99. The molecule has 0 amide bonds. The molecule has 0 saturated carbocycles. The van der Waals surface area contributed by atoms with Crippen LogP contribution in [-0.2, 0) is 6.42 Å². The lowest BCUT2D eigenvalue weighted by Gasteiger charge is -2.38. The van der Waals surface area contributed by atoms with E-state index >= 15 is 4.39 Å². The molecule has 6 nitrogen and oxygen atoms in total. The van der Waals surface area contributed by atoms with Gasteiger partial charge in [-0.25, -0.2) is 9.18 Å². The summed E-state index contributed by atoms with van der Waals surface area (Å²) < 4.78 is 17.0. The predicted molar refractivity (Wildman–Crippen MR) is 100 cm³/mol. The van der Waals surface area contributed by atoms with Crippen LogP contribution in [0.4, 0.5) is 10.1 Å². The van der Waals surface area contributed by atoms with Gasteiger partial charge in [0.15, 0.2) is 0 Å². The van der Waals surface area contributed by atoms with Gasteiger partial charge in [0, 0.05) is 36.3 Å². The first-order valence-electron chi connectivity index (χ1n) is 9.36. The van der Waals surface area contributed by atoms with Crippen molar-refractivity contribution < 1.29 is 19.4 Å². The van der Waals surface area contributed by atoms with Gasteiger partial charge in [-0.1, -0.05) is 6.92 Å². The zero-order valence-electron chi connectivity index (χ0n) is 15.4. The third-order valence-corrected chi connectivity index (χ3v) is 6.03. The van der Waals surface area contributed by atoms with E-state index in [0.717, 1.165) is 12.0 Å². The third kappa shape index (κ3) is 2.72. The number of carboxylic acids is 1. The lowest BCUT2D eigenvalue weighted by atomic mass is 9.91. The number of piperidine rings is 1. The molecule has 1 saturated heterocycles. The molecule has 2 aliphatic rings. The van der Waals surface area contributed by atoms with Crippen LogP contribution in [-0.4, -0.2) is 39.9 Å². The van der Waals surface area contributed by atoms with Gasteiger partial charge in [0.1, 0.15) is 11.4 Å². The first-order valence-corrected chi connectivity index (χ1v) is 9.36. The minimum atomic E-state index is -1.30. The van der Waals surface area contributed by atoms with Crippen molar-refractivity contribution >= 4 is 22.6 Å². The number of carbonyl (C=O) groups is 1. The second-order valence-corrected chi connectivity index (χ2v) is 7.83. The number of aliphatic hydroxyl groups is 1. The molecular formula is C20H23FN2O4. The minimum Gasteiger partial charge on any atom is -0.477 e. The van der Waals surface area contributed by atoms with Crippen molar-refractivity contribution in [1.29, 1.82) is 0 Å². The number of nitrogens with zero attached hydrogens (tertiary/aromatic N) is 2. The number of hydrogen-bond donors (Lipinski definition) is 2. The first kappa shape index (κ1) is 18.0. The summed E-state index contributed by atoms with van der Waals surface area (Å²) in [4.78, 5) is 26.1. The summed E-state index contributed by atoms with van der Waals surface area (Å²) >= 11 is 0. The van der Waals surface area contributed by atoms with Gasteiger partial charge in [-0.05, 0) is 38.2 Å². The molecule has 1 aromatic carbocycles. The average molecular weight is 374 g/mol. The molecule has 3 atom stereocenters. The number of hydrogen-bond acceptors (Lipinski definition) is 4. The second kappa shape index (κ2) is 6.34. The smallest absolute Gasteiger partial charge is 0.341 e. The molecule has 0 radical (unpaired) electrons. The fourth-order valence-corrected chi connectivity index (χ4v) is 4.46. The molecule has 0 aliphatic carbocycles. The average Bonchev–Trinajstić information content (AvgIpc) is 2.61. The fourth-order valence-electron chi connectivity index (χ4n) is 4.46. The standard InChI is InChI=1S/C20H23FN2O4/c1-10-8-22(6-5-16(10)24)18-12-4-3-11(2)23-9-14(20(26)27)19(25)13(17(12)23)7-15(18)21/h7,9-11,16,24H,3-6,8H2,1-2H3,(H,26,27)/t10-,11-,16+/m0/s1. The van der Waals surface area contributed by atoms with Gasteiger partial charge in [-0.15, -0.1) is 0 Å². The Morgan fingerprint density at radius 1 is 1.30 bits per heavy atom. The Kier molecular flexibility index (Phi) is 4.22. The largest absolute Gasteiger partial charge is 0.477 e. The number of pyridine rings is 1. The van der Waals surface area contributed by atoms with Crippen molar-refractivity contribution in [2.24, 2.45) is 5.92 Å². The zero-order chi connectivity index (χ0) is 19.5. The first-order chi connectivity index (χ1) is 12.8. The molecular weight excluding hydrogens is 351 g/mol. The Morgan fingerprint density at radius 2 is 2.04 bits per heavy atom. The molecule has 4 rings (SSSR count). The van der Waals surface area contributed by atoms with Crippen LogP contribution >= 0.6 is 0 Å². The summed E-state index contributed by atoms with van der Waals surface area (Å²) in [6.07, 6.45) is 2.94. The van der Waals surface area contributed by atoms with Crippen LogP contribution in [0, 0.1) is 11.7 Å². The van der Waals surface area contributed by atoms with Gasteiger partial charge in [-0.2, -0.15) is 0 Å². The number of aryl methyl sites for hydroxylation is 1. The van der Waals surface area contributed by atoms with E-state index in [9.17, 15) is 19.8 Å². The number of rotatable bonds is 2. The highest BCUT2D eigenvalue weighted by Gasteiger charge is 2.31. The molecule has 27 heavy (non-hydrogen) atoms. The molecule has 2 aliphatic heterocycles. The summed E-state index contributed by atoms with van der Waals surface area (Å²) in [6, 6.07) is 1.21. The number of benzene rings is 1. The van der Waals surface area contributed by atoms with Gasteiger partial charge < -0.3 is 19.7 Å². The molecule has 7 heteroatoms. The normalized spacial score (nSPS) is 25.0. The van der Waals surface area contributed by atoms with Crippen molar-refractivity contribution in [2.75, 3.05) is 18.0 Å². The maximum Gasteiger partial charge on any atom is 0.341 e. The number of anilines is 1. The van der Waals surface area contributed by atoms with Gasteiger partial charge in [0.2, 0.25) is 5.43 Å². The number of aromatic carboxylic acids is 1. The van der Waals surface area contributed by atoms with Crippen LogP contribution < -0.4 is 10.3 Å². The minimum absolute atomic E-state index is 0.0270. The van der Waals surface area contributed by atoms with Crippen LogP contribution in [0.2, 0.25) is 0 Å². The number of carboxylic acid groups (broad SMARTS) is 1. The van der Waals surface area contributed by atoms with Crippen LogP contribution in [0.1, 0.15) is 48.7 Å². The summed E-state index contributed by atoms with van der Waals surface area (Å²) in [5.74, 6) is -1.77. The predicted octanol–water partition coefficient (Wildman–Crippen LogP) is 2.55. The van der Waals surface area contributed by atoms with E-state index in [1.807, 2.05) is 23.3 Å². The molecule has 2 aromatic rings. The molecule has 3 heterocycles. The lowest BCUT2D eigenvalue weighted by Crippen LogP contribution is -2.43.